The summed E-state index contributed by atoms with van der Waals surface area (Å²) in [4.78, 5) is 13.1. The predicted octanol–water partition coefficient (Wildman–Crippen LogP) is 3.96. The zero-order chi connectivity index (χ0) is 16.5. The molecule has 0 amide bonds. The molecule has 130 valence electrons. The predicted molar refractivity (Wildman–Crippen MR) is 101 cm³/mol. The van der Waals surface area contributed by atoms with Gasteiger partial charge in [-0.3, -0.25) is 4.79 Å². The van der Waals surface area contributed by atoms with Crippen LogP contribution in [-0.4, -0.2) is 26.2 Å². The number of halogens is 1. The first kappa shape index (κ1) is 20.2. The molecule has 0 fully saturated rings. The van der Waals surface area contributed by atoms with Crippen LogP contribution in [0.3, 0.4) is 0 Å². The average molecular weight is 348 g/mol. The topological polar surface area (TPSA) is 38.3 Å². The lowest BCUT2D eigenvalue weighted by Gasteiger charge is -2.32. The van der Waals surface area contributed by atoms with Crippen molar-refractivity contribution in [2.24, 2.45) is 0 Å². The minimum Gasteiger partial charge on any atom is -0.463 e. The van der Waals surface area contributed by atoms with Crippen LogP contribution in [-0.2, 0) is 14.9 Å². The van der Waals surface area contributed by atoms with Gasteiger partial charge in [0.1, 0.15) is 12.0 Å². The maximum Gasteiger partial charge on any atom is 0.321 e. The molecule has 0 radical (unpaired) electrons. The van der Waals surface area contributed by atoms with Crippen LogP contribution in [0.4, 0.5) is 0 Å². The number of carbonyl (C=O) groups excluding carboxylic acids is 1. The van der Waals surface area contributed by atoms with E-state index < -0.39 is 5.41 Å². The van der Waals surface area contributed by atoms with Crippen molar-refractivity contribution in [3.8, 4) is 0 Å². The molecule has 0 unspecified atom stereocenters. The van der Waals surface area contributed by atoms with Crippen molar-refractivity contribution in [2.45, 2.75) is 25.2 Å². The number of carbonyl (C=O) groups is 1. The Labute approximate surface area is 150 Å². The molecule has 2 rings (SSSR count). The minimum atomic E-state index is -0.745. The fourth-order valence-corrected chi connectivity index (χ4v) is 2.98. The first-order valence-corrected chi connectivity index (χ1v) is 8.18. The van der Waals surface area contributed by atoms with Crippen molar-refractivity contribution < 1.29 is 9.53 Å². The third kappa shape index (κ3) is 4.37. The van der Waals surface area contributed by atoms with Crippen LogP contribution in [0.5, 0.6) is 0 Å². The van der Waals surface area contributed by atoms with Crippen LogP contribution in [0.2, 0.25) is 0 Å². The Bertz CT molecular complexity index is 562. The van der Waals surface area contributed by atoms with Crippen molar-refractivity contribution in [1.82, 2.24) is 5.32 Å². The van der Waals surface area contributed by atoms with E-state index in [1.165, 1.54) is 0 Å². The number of rotatable bonds is 8. The summed E-state index contributed by atoms with van der Waals surface area (Å²) in [5.41, 5.74) is 1.23. The summed E-state index contributed by atoms with van der Waals surface area (Å²) in [7, 11) is 1.85. The van der Waals surface area contributed by atoms with Crippen LogP contribution in [0, 0.1) is 0 Å². The average Bonchev–Trinajstić information content (AvgIpc) is 2.61. The Hall–Kier alpha value is -1.84. The highest BCUT2D eigenvalue weighted by atomic mass is 35.5. The van der Waals surface area contributed by atoms with E-state index in [4.69, 9.17) is 4.74 Å². The summed E-state index contributed by atoms with van der Waals surface area (Å²) in [5, 5.41) is 3.01. The third-order valence-electron chi connectivity index (χ3n) is 4.09. The highest BCUT2D eigenvalue weighted by molar-refractivity contribution is 5.87. The molecule has 0 spiro atoms. The molecule has 0 aliphatic rings. The van der Waals surface area contributed by atoms with Crippen LogP contribution < -0.4 is 5.32 Å². The Morgan fingerprint density at radius 1 is 1.00 bits per heavy atom. The van der Waals surface area contributed by atoms with Crippen molar-refractivity contribution in [1.29, 1.82) is 0 Å². The van der Waals surface area contributed by atoms with Gasteiger partial charge >= 0.3 is 5.97 Å². The van der Waals surface area contributed by atoms with E-state index in [9.17, 15) is 4.79 Å². The van der Waals surface area contributed by atoms with Gasteiger partial charge in [-0.05, 0) is 24.6 Å². The molecule has 0 aliphatic heterocycles. The van der Waals surface area contributed by atoms with Gasteiger partial charge in [0, 0.05) is 6.54 Å². The zero-order valence-electron chi connectivity index (χ0n) is 14.3. The van der Waals surface area contributed by atoms with E-state index >= 15 is 0 Å². The van der Waals surface area contributed by atoms with E-state index in [1.54, 1.807) is 0 Å². The minimum absolute atomic E-state index is 0. The van der Waals surface area contributed by atoms with Crippen molar-refractivity contribution in [3.05, 3.63) is 71.8 Å². The van der Waals surface area contributed by atoms with Crippen molar-refractivity contribution in [3.63, 3.8) is 0 Å². The van der Waals surface area contributed by atoms with Gasteiger partial charge in [0.25, 0.3) is 0 Å². The lowest BCUT2D eigenvalue weighted by atomic mass is 9.71. The molecular formula is C20H26ClNO2. The molecule has 0 saturated carbocycles. The summed E-state index contributed by atoms with van der Waals surface area (Å²) < 4.78 is 5.61. The van der Waals surface area contributed by atoms with E-state index in [2.05, 4.69) is 12.2 Å². The summed E-state index contributed by atoms with van der Waals surface area (Å²) in [6, 6.07) is 19.9. The van der Waals surface area contributed by atoms with Gasteiger partial charge in [-0.15, -0.1) is 12.4 Å². The van der Waals surface area contributed by atoms with E-state index in [1.807, 2.05) is 67.7 Å². The summed E-state index contributed by atoms with van der Waals surface area (Å²) in [6.45, 7) is 3.12. The van der Waals surface area contributed by atoms with Gasteiger partial charge in [0.05, 0.1) is 0 Å². The van der Waals surface area contributed by atoms with Gasteiger partial charge in [-0.25, -0.2) is 0 Å². The molecule has 2 aromatic rings. The largest absolute Gasteiger partial charge is 0.463 e. The highest BCUT2D eigenvalue weighted by Gasteiger charge is 2.42. The molecule has 2 aromatic carbocycles. The molecule has 0 aromatic heterocycles. The molecule has 4 heteroatoms. The van der Waals surface area contributed by atoms with Gasteiger partial charge in [0.2, 0.25) is 0 Å². The van der Waals surface area contributed by atoms with Gasteiger partial charge < -0.3 is 10.1 Å². The number of hydrogen-bond acceptors (Lipinski definition) is 3. The quantitative estimate of drug-likeness (QED) is 0.580. The fourth-order valence-electron chi connectivity index (χ4n) is 2.98. The number of benzene rings is 2. The molecule has 1 N–H and O–H groups in total. The fraction of sp³-hybridized carbons (Fsp3) is 0.350. The lowest BCUT2D eigenvalue weighted by molar-refractivity contribution is -0.149. The third-order valence-corrected chi connectivity index (χ3v) is 4.09. The van der Waals surface area contributed by atoms with Gasteiger partial charge in [-0.1, -0.05) is 74.0 Å². The van der Waals surface area contributed by atoms with Crippen LogP contribution in [0.25, 0.3) is 0 Å². The number of nitrogens with one attached hydrogen (secondary N) is 1. The summed E-state index contributed by atoms with van der Waals surface area (Å²) >= 11 is 0. The first-order chi connectivity index (χ1) is 11.3. The normalized spacial score (nSPS) is 10.8. The second kappa shape index (κ2) is 10.1. The SMILES string of the molecule is CCCC(C(=O)OCCNC)(c1ccccc1)c1ccccc1.Cl. The summed E-state index contributed by atoms with van der Waals surface area (Å²) in [5.74, 6) is -0.174. The number of esters is 1. The molecule has 0 bridgehead atoms. The summed E-state index contributed by atoms with van der Waals surface area (Å²) in [6.07, 6.45) is 1.62. The first-order valence-electron chi connectivity index (χ1n) is 8.18. The van der Waals surface area contributed by atoms with Crippen molar-refractivity contribution >= 4 is 18.4 Å². The second-order valence-corrected chi connectivity index (χ2v) is 5.63. The Morgan fingerprint density at radius 2 is 1.50 bits per heavy atom. The molecule has 0 heterocycles. The number of ether oxygens (including phenoxy) is 1. The van der Waals surface area contributed by atoms with Crippen LogP contribution in [0.1, 0.15) is 30.9 Å². The van der Waals surface area contributed by atoms with Crippen LogP contribution >= 0.6 is 12.4 Å². The standard InChI is InChI=1S/C20H25NO2.ClH/c1-3-14-20(17-10-6-4-7-11-17,18-12-8-5-9-13-18)19(22)23-16-15-21-2;/h4-13,21H,3,14-16H2,1-2H3;1H. The Morgan fingerprint density at radius 3 is 1.92 bits per heavy atom. The molecule has 3 nitrogen and oxygen atoms in total. The molecule has 0 saturated heterocycles. The Kier molecular flexibility index (Phi) is 8.51. The van der Waals surface area contributed by atoms with Crippen LogP contribution in [0.15, 0.2) is 60.7 Å². The number of likely N-dealkylation sites (N-methyl/N-ethyl adjacent to an activating group) is 1. The lowest BCUT2D eigenvalue weighted by Crippen LogP contribution is -2.39. The molecule has 0 atom stereocenters. The zero-order valence-corrected chi connectivity index (χ0v) is 15.1. The van der Waals surface area contributed by atoms with Gasteiger partial charge in [0.15, 0.2) is 0 Å². The van der Waals surface area contributed by atoms with E-state index in [0.717, 1.165) is 24.0 Å². The molecule has 0 aliphatic carbocycles. The smallest absolute Gasteiger partial charge is 0.321 e. The second-order valence-electron chi connectivity index (χ2n) is 5.63. The highest BCUT2D eigenvalue weighted by Crippen LogP contribution is 2.38. The van der Waals surface area contributed by atoms with E-state index in [0.29, 0.717) is 13.2 Å². The molecular weight excluding hydrogens is 322 g/mol. The monoisotopic (exact) mass is 347 g/mol. The van der Waals surface area contributed by atoms with Gasteiger partial charge in [-0.2, -0.15) is 0 Å². The number of hydrogen-bond donors (Lipinski definition) is 1. The van der Waals surface area contributed by atoms with Crippen molar-refractivity contribution in [2.75, 3.05) is 20.2 Å². The molecule has 24 heavy (non-hydrogen) atoms. The van der Waals surface area contributed by atoms with E-state index in [-0.39, 0.29) is 18.4 Å². The maximum absolute atomic E-state index is 13.1. The maximum atomic E-state index is 13.1. The Balaban J connectivity index is 0.00000288.